The van der Waals surface area contributed by atoms with Crippen LogP contribution in [0.3, 0.4) is 0 Å². The highest BCUT2D eigenvalue weighted by Crippen LogP contribution is 2.41. The van der Waals surface area contributed by atoms with E-state index in [4.69, 9.17) is 4.74 Å². The Bertz CT molecular complexity index is 1020. The zero-order valence-corrected chi connectivity index (χ0v) is 17.4. The highest BCUT2D eigenvalue weighted by molar-refractivity contribution is 5.88. The summed E-state index contributed by atoms with van der Waals surface area (Å²) in [6.07, 6.45) is -5.49. The van der Waals surface area contributed by atoms with Gasteiger partial charge in [0.1, 0.15) is 23.7 Å². The van der Waals surface area contributed by atoms with Crippen LogP contribution in [0.2, 0.25) is 0 Å². The largest absolute Gasteiger partial charge is 0.435 e. The molecule has 0 aliphatic carbocycles. The first-order chi connectivity index (χ1) is 15.2. The van der Waals surface area contributed by atoms with Gasteiger partial charge in [0, 0.05) is 37.7 Å². The third-order valence-corrected chi connectivity index (χ3v) is 5.47. The molecule has 2 atom stereocenters. The minimum atomic E-state index is -3.16. The van der Waals surface area contributed by atoms with Crippen LogP contribution in [0.4, 0.5) is 34.0 Å². The van der Waals surface area contributed by atoms with Crippen molar-refractivity contribution in [2.24, 2.45) is 0 Å². The van der Waals surface area contributed by atoms with E-state index in [2.05, 4.69) is 25.6 Å². The molecule has 32 heavy (non-hydrogen) atoms. The molecule has 1 saturated heterocycles. The van der Waals surface area contributed by atoms with Gasteiger partial charge >= 0.3 is 6.09 Å². The maximum atomic E-state index is 14.7. The molecule has 0 radical (unpaired) electrons. The number of nitrogens with one attached hydrogen (secondary N) is 2. The van der Waals surface area contributed by atoms with Crippen LogP contribution in [0, 0.1) is 0 Å². The molecule has 1 unspecified atom stereocenters. The van der Waals surface area contributed by atoms with E-state index < -0.39 is 31.0 Å². The number of piperazine rings is 1. The molecule has 1 fully saturated rings. The zero-order valence-electron chi connectivity index (χ0n) is 17.4. The van der Waals surface area contributed by atoms with Crippen LogP contribution >= 0.6 is 0 Å². The van der Waals surface area contributed by atoms with E-state index in [1.807, 2.05) is 11.8 Å². The van der Waals surface area contributed by atoms with Crippen molar-refractivity contribution < 1.29 is 27.1 Å². The summed E-state index contributed by atoms with van der Waals surface area (Å²) in [4.78, 5) is 25.9. The smallest absolute Gasteiger partial charge is 0.413 e. The molecule has 4 heterocycles. The van der Waals surface area contributed by atoms with Crippen LogP contribution < -0.4 is 15.5 Å². The molecule has 2 aliphatic rings. The number of pyridine rings is 1. The Morgan fingerprint density at radius 2 is 2.09 bits per heavy atom. The van der Waals surface area contributed by atoms with Crippen LogP contribution in [-0.4, -0.2) is 53.1 Å². The summed E-state index contributed by atoms with van der Waals surface area (Å²) in [7, 11) is 0. The molecule has 4 rings (SSSR count). The van der Waals surface area contributed by atoms with Gasteiger partial charge in [0.2, 0.25) is 0 Å². The summed E-state index contributed by atoms with van der Waals surface area (Å²) in [5.41, 5.74) is -0.626. The predicted octanol–water partition coefficient (Wildman–Crippen LogP) is 3.71. The molecule has 0 bridgehead atoms. The van der Waals surface area contributed by atoms with Gasteiger partial charge in [0.25, 0.3) is 12.3 Å². The fourth-order valence-corrected chi connectivity index (χ4v) is 3.80. The number of aromatic nitrogens is 3. The number of nitrogens with zero attached hydrogens (tertiary/aromatic N) is 4. The van der Waals surface area contributed by atoms with Crippen molar-refractivity contribution >= 4 is 17.7 Å². The first-order valence-corrected chi connectivity index (χ1v) is 10.2. The number of anilines is 2. The molecule has 2 aliphatic heterocycles. The van der Waals surface area contributed by atoms with Crippen molar-refractivity contribution in [1.82, 2.24) is 20.3 Å². The second-order valence-electron chi connectivity index (χ2n) is 7.73. The number of fused-ring (bicyclic) bond motifs is 1. The highest BCUT2D eigenvalue weighted by atomic mass is 19.3. The monoisotopic (exact) mass is 454 g/mol. The molecule has 8 nitrogen and oxygen atoms in total. The molecule has 12 heteroatoms. The fraction of sp³-hybridized carbons (Fsp3) is 0.500. The fourth-order valence-electron chi connectivity index (χ4n) is 3.80. The van der Waals surface area contributed by atoms with Crippen LogP contribution in [0.5, 0.6) is 0 Å². The molecule has 0 saturated carbocycles. The number of cyclic esters (lactones) is 1. The van der Waals surface area contributed by atoms with Crippen LogP contribution in [0.1, 0.15) is 37.5 Å². The molecule has 172 valence electrons. The molecule has 0 spiro atoms. The standard InChI is InChI=1S/C20H22F4N6O2/c1-3-20(23,24)11-6-12(28-13(7-11)30-5-4-25-10(2)8-30)15-14-16(17(21)22)32-19(31)29-18(14)27-9-26-15/h6-7,9-10,16-17,25H,3-5,8H2,1-2H3,(H,26,27,29,31)/t10-,16?/m0/s1. The summed E-state index contributed by atoms with van der Waals surface area (Å²) < 4.78 is 61.5. The quantitative estimate of drug-likeness (QED) is 0.666. The molecular weight excluding hydrogens is 432 g/mol. The second-order valence-corrected chi connectivity index (χ2v) is 7.73. The lowest BCUT2D eigenvalue weighted by Gasteiger charge is -2.33. The Balaban J connectivity index is 1.89. The molecule has 1 amide bonds. The van der Waals surface area contributed by atoms with Gasteiger partial charge in [-0.3, -0.25) is 5.32 Å². The molecule has 2 N–H and O–H groups in total. The van der Waals surface area contributed by atoms with Crippen molar-refractivity contribution in [2.45, 2.75) is 44.8 Å². The Labute approximate surface area is 181 Å². The first-order valence-electron chi connectivity index (χ1n) is 10.2. The van der Waals surface area contributed by atoms with E-state index in [9.17, 15) is 22.4 Å². The number of carbonyl (C=O) groups is 1. The van der Waals surface area contributed by atoms with E-state index in [-0.39, 0.29) is 34.4 Å². The van der Waals surface area contributed by atoms with Gasteiger partial charge in [-0.1, -0.05) is 6.92 Å². The SMILES string of the molecule is CCC(F)(F)c1cc(-c2ncnc3c2C(C(F)F)OC(=O)N3)nc(N2CCN[C@@H](C)C2)c1. The van der Waals surface area contributed by atoms with Crippen molar-refractivity contribution in [3.8, 4) is 11.4 Å². The van der Waals surface area contributed by atoms with Crippen molar-refractivity contribution in [1.29, 1.82) is 0 Å². The molecule has 0 aromatic carbocycles. The number of hydrogen-bond acceptors (Lipinski definition) is 7. The summed E-state index contributed by atoms with van der Waals surface area (Å²) in [5.74, 6) is -3.03. The third kappa shape index (κ3) is 4.18. The average Bonchev–Trinajstić information content (AvgIpc) is 2.77. The van der Waals surface area contributed by atoms with E-state index in [0.717, 1.165) is 12.4 Å². The lowest BCUT2D eigenvalue weighted by molar-refractivity contribution is -0.0170. The maximum absolute atomic E-state index is 14.7. The lowest BCUT2D eigenvalue weighted by atomic mass is 10.0. The molecular formula is C20H22F4N6O2. The van der Waals surface area contributed by atoms with E-state index in [1.54, 1.807) is 0 Å². The topological polar surface area (TPSA) is 92.3 Å². The average molecular weight is 454 g/mol. The van der Waals surface area contributed by atoms with Crippen molar-refractivity contribution in [3.63, 3.8) is 0 Å². The number of rotatable bonds is 5. The summed E-state index contributed by atoms with van der Waals surface area (Å²) in [6.45, 7) is 5.04. The van der Waals surface area contributed by atoms with E-state index >= 15 is 0 Å². The van der Waals surface area contributed by atoms with Crippen molar-refractivity contribution in [2.75, 3.05) is 29.9 Å². The highest BCUT2D eigenvalue weighted by Gasteiger charge is 2.38. The number of ether oxygens (including phenoxy) is 1. The number of alkyl halides is 4. The minimum absolute atomic E-state index is 0.0270. The van der Waals surface area contributed by atoms with Gasteiger partial charge < -0.3 is 15.0 Å². The number of amides is 1. The Morgan fingerprint density at radius 3 is 2.78 bits per heavy atom. The Kier molecular flexibility index (Phi) is 5.89. The molecule has 2 aromatic rings. The van der Waals surface area contributed by atoms with Crippen LogP contribution in [0.25, 0.3) is 11.4 Å². The van der Waals surface area contributed by atoms with Gasteiger partial charge in [0.05, 0.1) is 11.3 Å². The maximum Gasteiger partial charge on any atom is 0.413 e. The normalized spacial score (nSPS) is 21.2. The number of hydrogen-bond donors (Lipinski definition) is 2. The number of carbonyl (C=O) groups excluding carboxylic acids is 1. The third-order valence-electron chi connectivity index (χ3n) is 5.47. The van der Waals surface area contributed by atoms with Gasteiger partial charge in [-0.15, -0.1) is 0 Å². The lowest BCUT2D eigenvalue weighted by Crippen LogP contribution is -2.49. The van der Waals surface area contributed by atoms with Gasteiger partial charge in [-0.2, -0.15) is 0 Å². The van der Waals surface area contributed by atoms with Crippen LogP contribution in [-0.2, 0) is 10.7 Å². The van der Waals surface area contributed by atoms with Gasteiger partial charge in [-0.05, 0) is 19.1 Å². The second kappa shape index (κ2) is 8.49. The van der Waals surface area contributed by atoms with Gasteiger partial charge in [0.15, 0.2) is 6.10 Å². The van der Waals surface area contributed by atoms with Crippen molar-refractivity contribution in [3.05, 3.63) is 29.6 Å². The Morgan fingerprint density at radius 1 is 1.31 bits per heavy atom. The summed E-state index contributed by atoms with van der Waals surface area (Å²) in [5, 5.41) is 5.52. The van der Waals surface area contributed by atoms with Gasteiger partial charge in [-0.25, -0.2) is 37.3 Å². The van der Waals surface area contributed by atoms with E-state index in [0.29, 0.717) is 25.5 Å². The van der Waals surface area contributed by atoms with Crippen LogP contribution in [0.15, 0.2) is 18.5 Å². The predicted molar refractivity (Wildman–Crippen MR) is 108 cm³/mol. The molecule has 2 aromatic heterocycles. The van der Waals surface area contributed by atoms with E-state index in [1.165, 1.54) is 13.0 Å². The summed E-state index contributed by atoms with van der Waals surface area (Å²) in [6, 6.07) is 2.57. The first kappa shape index (κ1) is 22.2. The zero-order chi connectivity index (χ0) is 23.0. The number of halogens is 4. The summed E-state index contributed by atoms with van der Waals surface area (Å²) >= 11 is 0. The minimum Gasteiger partial charge on any atom is -0.435 e. The Hall–Kier alpha value is -3.02.